The molecule has 11 nitrogen and oxygen atoms in total. The van der Waals surface area contributed by atoms with Crippen LogP contribution in [0.25, 0.3) is 11.2 Å². The molecular formula is C7H14N6O5P+. The van der Waals surface area contributed by atoms with Crippen molar-refractivity contribution in [1.29, 1.82) is 0 Å². The number of rotatable bonds is 5. The molecule has 2 heterocycles. The van der Waals surface area contributed by atoms with E-state index in [1.165, 1.54) is 17.4 Å². The summed E-state index contributed by atoms with van der Waals surface area (Å²) in [6.45, 7) is -0.361. The lowest BCUT2D eigenvalue weighted by Crippen LogP contribution is -2.15. The quantitative estimate of drug-likeness (QED) is 0.315. The van der Waals surface area contributed by atoms with Gasteiger partial charge >= 0.3 is 7.60 Å². The summed E-state index contributed by atoms with van der Waals surface area (Å²) in [5.74, 6) is 0.207. The standard InChI is InChI=1S/C7H10N5O5P.H3N/c8-6-5-7(10-1-9-6)12(2-11-5)17-3-16-4-18(13,14)15;/h1-2H,3-4H2,(H2,8,9,10)(H2,13,14,15);1H3/p+1. The molecule has 0 spiro atoms. The van der Waals surface area contributed by atoms with E-state index < -0.39 is 13.9 Å². The largest absolute Gasteiger partial charge is 0.382 e. The number of anilines is 1. The Balaban J connectivity index is 0.00000180. The van der Waals surface area contributed by atoms with Crippen molar-refractivity contribution in [3.05, 3.63) is 12.7 Å². The molecule has 0 bridgehead atoms. The second kappa shape index (κ2) is 5.91. The Hall–Kier alpha value is -1.78. The monoisotopic (exact) mass is 293 g/mol. The van der Waals surface area contributed by atoms with Crippen molar-refractivity contribution in [3.8, 4) is 0 Å². The van der Waals surface area contributed by atoms with Crippen LogP contribution in [-0.2, 0) is 9.30 Å². The Morgan fingerprint density at radius 2 is 2.11 bits per heavy atom. The van der Waals surface area contributed by atoms with Gasteiger partial charge in [-0.05, 0) is 0 Å². The molecule has 0 radical (unpaired) electrons. The van der Waals surface area contributed by atoms with Crippen LogP contribution < -0.4 is 16.7 Å². The van der Waals surface area contributed by atoms with Gasteiger partial charge in [0.15, 0.2) is 17.7 Å². The van der Waals surface area contributed by atoms with Gasteiger partial charge in [-0.25, -0.2) is 15.0 Å². The Labute approximate surface area is 107 Å². The molecule has 0 aliphatic heterocycles. The molecule has 8 N–H and O–H groups in total. The maximum atomic E-state index is 10.5. The number of quaternary nitrogens is 1. The summed E-state index contributed by atoms with van der Waals surface area (Å²) in [5, 5.41) is 0. The zero-order valence-corrected chi connectivity index (χ0v) is 10.9. The van der Waals surface area contributed by atoms with E-state index >= 15 is 0 Å². The third kappa shape index (κ3) is 3.84. The topological polar surface area (TPSA) is 182 Å². The third-order valence-electron chi connectivity index (χ3n) is 1.87. The average Bonchev–Trinajstić information content (AvgIpc) is 2.68. The molecule has 2 aromatic rings. The van der Waals surface area contributed by atoms with E-state index in [1.807, 2.05) is 0 Å². The zero-order chi connectivity index (χ0) is 13.2. The molecule has 0 saturated heterocycles. The van der Waals surface area contributed by atoms with Crippen LogP contribution in [0.3, 0.4) is 0 Å². The van der Waals surface area contributed by atoms with Gasteiger partial charge in [-0.15, -0.1) is 4.73 Å². The van der Waals surface area contributed by atoms with Crippen molar-refractivity contribution in [2.45, 2.75) is 0 Å². The van der Waals surface area contributed by atoms with Gasteiger partial charge in [0.25, 0.3) is 0 Å². The normalized spacial score (nSPS) is 11.3. The van der Waals surface area contributed by atoms with E-state index in [0.29, 0.717) is 11.2 Å². The Kier molecular flexibility index (Phi) is 4.75. The maximum Gasteiger partial charge on any atom is 0.351 e. The van der Waals surface area contributed by atoms with Crippen molar-refractivity contribution < 1.29 is 23.9 Å². The molecule has 2 rings (SSSR count). The molecule has 0 amide bonds. The van der Waals surface area contributed by atoms with Gasteiger partial charge < -0.3 is 31.2 Å². The molecule has 2 aromatic heterocycles. The highest BCUT2D eigenvalue weighted by molar-refractivity contribution is 7.51. The Morgan fingerprint density at radius 3 is 2.79 bits per heavy atom. The SMILES string of the molecule is Nc1ncnc2c1ncn2OCOCP(=O)(O)O.[NH4+]. The number of nitrogen functional groups attached to an aromatic ring is 1. The van der Waals surface area contributed by atoms with Gasteiger partial charge in [0.1, 0.15) is 12.7 Å². The van der Waals surface area contributed by atoms with E-state index in [2.05, 4.69) is 19.7 Å². The fourth-order valence-corrected chi connectivity index (χ4v) is 1.49. The van der Waals surface area contributed by atoms with Gasteiger partial charge in [0.05, 0.1) is 0 Å². The molecule has 0 saturated carbocycles. The fraction of sp³-hybridized carbons (Fsp3) is 0.286. The number of hydrogen-bond acceptors (Lipinski definition) is 7. The molecule has 0 fully saturated rings. The lowest BCUT2D eigenvalue weighted by Gasteiger charge is -2.08. The summed E-state index contributed by atoms with van der Waals surface area (Å²) in [4.78, 5) is 33.7. The molecule has 0 aliphatic rings. The van der Waals surface area contributed by atoms with Crippen LogP contribution in [0.15, 0.2) is 12.7 Å². The number of aromatic nitrogens is 4. The Morgan fingerprint density at radius 1 is 1.37 bits per heavy atom. The van der Waals surface area contributed by atoms with E-state index in [1.54, 1.807) is 0 Å². The number of hydrogen-bond donors (Lipinski definition) is 4. The van der Waals surface area contributed by atoms with E-state index in [0.717, 1.165) is 0 Å². The summed E-state index contributed by atoms with van der Waals surface area (Å²) >= 11 is 0. The van der Waals surface area contributed by atoms with Crippen LogP contribution in [0, 0.1) is 0 Å². The molecule has 12 heteroatoms. The van der Waals surface area contributed by atoms with Gasteiger partial charge in [-0.3, -0.25) is 4.57 Å². The van der Waals surface area contributed by atoms with Crippen molar-refractivity contribution in [2.24, 2.45) is 0 Å². The number of nitrogens with two attached hydrogens (primary N) is 1. The smallest absolute Gasteiger partial charge is 0.351 e. The summed E-state index contributed by atoms with van der Waals surface area (Å²) in [5.41, 5.74) is 6.27. The van der Waals surface area contributed by atoms with Gasteiger partial charge in [0, 0.05) is 0 Å². The van der Waals surface area contributed by atoms with Gasteiger partial charge in [-0.2, -0.15) is 0 Å². The fourth-order valence-electron chi connectivity index (χ4n) is 1.18. The second-order valence-corrected chi connectivity index (χ2v) is 4.83. The predicted octanol–water partition coefficient (Wildman–Crippen LogP) is -0.677. The van der Waals surface area contributed by atoms with Gasteiger partial charge in [-0.1, -0.05) is 0 Å². The number of nitrogens with zero attached hydrogens (tertiary/aromatic N) is 4. The lowest BCUT2D eigenvalue weighted by molar-refractivity contribution is -0.0452. The summed E-state index contributed by atoms with van der Waals surface area (Å²) < 4.78 is 16.3. The second-order valence-electron chi connectivity index (χ2n) is 3.25. The highest BCUT2D eigenvalue weighted by Crippen LogP contribution is 2.33. The lowest BCUT2D eigenvalue weighted by atomic mass is 10.5. The average molecular weight is 293 g/mol. The number of imidazole rings is 1. The van der Waals surface area contributed by atoms with Crippen molar-refractivity contribution in [3.63, 3.8) is 0 Å². The minimum absolute atomic E-state index is 0. The van der Waals surface area contributed by atoms with Crippen LogP contribution in [0.4, 0.5) is 5.82 Å². The first kappa shape index (κ1) is 15.3. The first-order valence-electron chi connectivity index (χ1n) is 4.66. The summed E-state index contributed by atoms with van der Waals surface area (Å²) in [7, 11) is -4.20. The molecule has 19 heavy (non-hydrogen) atoms. The molecular weight excluding hydrogens is 279 g/mol. The zero-order valence-electron chi connectivity index (χ0n) is 10.0. The van der Waals surface area contributed by atoms with Crippen LogP contribution in [0.5, 0.6) is 0 Å². The molecule has 106 valence electrons. The first-order chi connectivity index (χ1) is 8.47. The van der Waals surface area contributed by atoms with Crippen molar-refractivity contribution >= 4 is 24.6 Å². The minimum atomic E-state index is -4.20. The molecule has 0 unspecified atom stereocenters. The summed E-state index contributed by atoms with van der Waals surface area (Å²) in [6.07, 6.45) is 1.82. The van der Waals surface area contributed by atoms with Crippen LogP contribution in [0.1, 0.15) is 0 Å². The molecule has 0 aromatic carbocycles. The molecule has 0 aliphatic carbocycles. The maximum absolute atomic E-state index is 10.5. The third-order valence-corrected chi connectivity index (χ3v) is 2.39. The number of fused-ring (bicyclic) bond motifs is 1. The van der Waals surface area contributed by atoms with E-state index in [9.17, 15) is 4.57 Å². The molecule has 0 atom stereocenters. The Bertz CT molecular complexity index is 597. The van der Waals surface area contributed by atoms with Crippen LogP contribution in [-0.4, -0.2) is 42.6 Å². The predicted molar refractivity (Wildman–Crippen MR) is 65.2 cm³/mol. The first-order valence-corrected chi connectivity index (χ1v) is 6.46. The van der Waals surface area contributed by atoms with E-state index in [4.69, 9.17) is 20.4 Å². The van der Waals surface area contributed by atoms with Crippen LogP contribution >= 0.6 is 7.60 Å². The van der Waals surface area contributed by atoms with Crippen LogP contribution in [0.2, 0.25) is 0 Å². The van der Waals surface area contributed by atoms with Crippen molar-refractivity contribution in [1.82, 2.24) is 25.8 Å². The summed E-state index contributed by atoms with van der Waals surface area (Å²) in [6, 6.07) is 0. The van der Waals surface area contributed by atoms with Crippen molar-refractivity contribution in [2.75, 3.05) is 18.9 Å². The highest BCUT2D eigenvalue weighted by atomic mass is 31.2. The minimum Gasteiger partial charge on any atom is -0.382 e. The van der Waals surface area contributed by atoms with E-state index in [-0.39, 0.29) is 18.8 Å². The highest BCUT2D eigenvalue weighted by Gasteiger charge is 2.13. The number of ether oxygens (including phenoxy) is 1. The van der Waals surface area contributed by atoms with Gasteiger partial charge in [0.2, 0.25) is 12.4 Å².